The zero-order valence-electron chi connectivity index (χ0n) is 17.6. The van der Waals surface area contributed by atoms with Crippen LogP contribution >= 0.6 is 11.3 Å². The number of carbonyl (C=O) groups excluding carboxylic acids is 3. The second kappa shape index (κ2) is 9.89. The minimum atomic E-state index is -0.529. The van der Waals surface area contributed by atoms with Crippen LogP contribution in [0.15, 0.2) is 41.8 Å². The minimum absolute atomic E-state index is 0.0178. The second-order valence-electron chi connectivity index (χ2n) is 7.69. The van der Waals surface area contributed by atoms with Crippen LogP contribution in [0, 0.1) is 12.8 Å². The third-order valence-electron chi connectivity index (χ3n) is 5.41. The molecule has 1 aliphatic heterocycles. The second-order valence-corrected chi connectivity index (χ2v) is 8.67. The van der Waals surface area contributed by atoms with Crippen molar-refractivity contribution >= 4 is 34.8 Å². The van der Waals surface area contributed by atoms with Gasteiger partial charge in [-0.25, -0.2) is 0 Å². The quantitative estimate of drug-likeness (QED) is 0.677. The molecule has 30 heavy (non-hydrogen) atoms. The van der Waals surface area contributed by atoms with E-state index in [-0.39, 0.29) is 30.9 Å². The topological polar surface area (TPSA) is 75.7 Å². The summed E-state index contributed by atoms with van der Waals surface area (Å²) in [6.07, 6.45) is 1.46. The van der Waals surface area contributed by atoms with Gasteiger partial charge in [0.25, 0.3) is 5.91 Å². The van der Waals surface area contributed by atoms with Gasteiger partial charge < -0.3 is 15.0 Å². The average molecular weight is 429 g/mol. The lowest BCUT2D eigenvalue weighted by atomic mass is 9.87. The Balaban J connectivity index is 1.82. The standard InChI is InChI=1S/C23H28N2O4S/c1-4-16(3)24-20(26)14-29-23(28)18-11-12-21(27)25(17-9-7-15(2)8-10-17)22(18)19-6-5-13-30-19/h5-10,13,16,18,22H,4,11-12,14H2,1-3H3,(H,24,26). The maximum atomic E-state index is 13.0. The molecule has 0 saturated carbocycles. The smallest absolute Gasteiger partial charge is 0.311 e. The number of hydrogen-bond acceptors (Lipinski definition) is 5. The highest BCUT2D eigenvalue weighted by molar-refractivity contribution is 7.10. The van der Waals surface area contributed by atoms with Gasteiger partial charge in [-0.1, -0.05) is 30.7 Å². The van der Waals surface area contributed by atoms with E-state index in [1.165, 1.54) is 11.3 Å². The summed E-state index contributed by atoms with van der Waals surface area (Å²) >= 11 is 1.51. The predicted octanol–water partition coefficient (Wildman–Crippen LogP) is 4.00. The molecule has 1 fully saturated rings. The van der Waals surface area contributed by atoms with Crippen LogP contribution in [0.3, 0.4) is 0 Å². The lowest BCUT2D eigenvalue weighted by Crippen LogP contribution is -2.46. The maximum absolute atomic E-state index is 13.0. The van der Waals surface area contributed by atoms with Crippen molar-refractivity contribution in [2.75, 3.05) is 11.5 Å². The summed E-state index contributed by atoms with van der Waals surface area (Å²) in [4.78, 5) is 40.5. The Morgan fingerprint density at radius 1 is 1.27 bits per heavy atom. The lowest BCUT2D eigenvalue weighted by molar-refractivity contribution is -0.154. The SMILES string of the molecule is CCC(C)NC(=O)COC(=O)C1CCC(=O)N(c2ccc(C)cc2)C1c1cccs1. The van der Waals surface area contributed by atoms with Crippen molar-refractivity contribution in [3.63, 3.8) is 0 Å². The molecule has 3 rings (SSSR count). The van der Waals surface area contributed by atoms with Crippen LogP contribution in [0.4, 0.5) is 5.69 Å². The largest absolute Gasteiger partial charge is 0.455 e. The molecule has 7 heteroatoms. The molecule has 1 aliphatic rings. The third kappa shape index (κ3) is 5.08. The number of rotatable bonds is 7. The summed E-state index contributed by atoms with van der Waals surface area (Å²) in [5.74, 6) is -1.31. The number of amides is 2. The molecule has 6 nitrogen and oxygen atoms in total. The van der Waals surface area contributed by atoms with E-state index >= 15 is 0 Å². The first-order valence-electron chi connectivity index (χ1n) is 10.3. The highest BCUT2D eigenvalue weighted by atomic mass is 32.1. The first-order chi connectivity index (χ1) is 14.4. The van der Waals surface area contributed by atoms with Gasteiger partial charge in [-0.05, 0) is 50.3 Å². The van der Waals surface area contributed by atoms with Crippen LogP contribution in [0.5, 0.6) is 0 Å². The monoisotopic (exact) mass is 428 g/mol. The molecule has 1 aromatic carbocycles. The zero-order valence-corrected chi connectivity index (χ0v) is 18.4. The number of hydrogen-bond donors (Lipinski definition) is 1. The van der Waals surface area contributed by atoms with Gasteiger partial charge in [0, 0.05) is 23.0 Å². The summed E-state index contributed by atoms with van der Waals surface area (Å²) in [6.45, 7) is 5.55. The Morgan fingerprint density at radius 3 is 2.63 bits per heavy atom. The summed E-state index contributed by atoms with van der Waals surface area (Å²) in [5, 5.41) is 4.73. The Labute approximate surface area is 181 Å². The number of aryl methyl sites for hydroxylation is 1. The van der Waals surface area contributed by atoms with Crippen LogP contribution < -0.4 is 10.2 Å². The van der Waals surface area contributed by atoms with Crippen LogP contribution in [-0.4, -0.2) is 30.4 Å². The highest BCUT2D eigenvalue weighted by Gasteiger charge is 2.43. The van der Waals surface area contributed by atoms with E-state index in [0.717, 1.165) is 22.5 Å². The molecule has 2 heterocycles. The first-order valence-corrected chi connectivity index (χ1v) is 11.2. The van der Waals surface area contributed by atoms with Gasteiger partial charge in [-0.2, -0.15) is 0 Å². The normalized spacial score (nSPS) is 20.0. The van der Waals surface area contributed by atoms with E-state index in [0.29, 0.717) is 6.42 Å². The van der Waals surface area contributed by atoms with E-state index in [1.807, 2.05) is 62.5 Å². The van der Waals surface area contributed by atoms with E-state index < -0.39 is 17.9 Å². The van der Waals surface area contributed by atoms with Gasteiger partial charge in [0.05, 0.1) is 12.0 Å². The molecule has 3 unspecified atom stereocenters. The van der Waals surface area contributed by atoms with Crippen LogP contribution in [0.1, 0.15) is 49.6 Å². The fourth-order valence-electron chi connectivity index (χ4n) is 3.60. The van der Waals surface area contributed by atoms with Crippen molar-refractivity contribution in [1.82, 2.24) is 5.32 Å². The van der Waals surface area contributed by atoms with Crippen molar-refractivity contribution in [3.8, 4) is 0 Å². The number of nitrogens with zero attached hydrogens (tertiary/aromatic N) is 1. The highest BCUT2D eigenvalue weighted by Crippen LogP contribution is 2.42. The van der Waals surface area contributed by atoms with Crippen LogP contribution in [0.2, 0.25) is 0 Å². The summed E-state index contributed by atoms with van der Waals surface area (Å²) in [7, 11) is 0. The molecule has 160 valence electrons. The number of esters is 1. The van der Waals surface area contributed by atoms with Crippen molar-refractivity contribution < 1.29 is 19.1 Å². The Morgan fingerprint density at radius 2 is 2.00 bits per heavy atom. The maximum Gasteiger partial charge on any atom is 0.311 e. The fourth-order valence-corrected chi connectivity index (χ4v) is 4.48. The molecule has 1 N–H and O–H groups in total. The molecule has 0 radical (unpaired) electrons. The van der Waals surface area contributed by atoms with Crippen molar-refractivity contribution in [1.29, 1.82) is 0 Å². The predicted molar refractivity (Wildman–Crippen MR) is 117 cm³/mol. The number of anilines is 1. The van der Waals surface area contributed by atoms with E-state index in [4.69, 9.17) is 4.74 Å². The number of ether oxygens (including phenoxy) is 1. The number of thiophene rings is 1. The van der Waals surface area contributed by atoms with E-state index in [9.17, 15) is 14.4 Å². The van der Waals surface area contributed by atoms with Crippen LogP contribution in [-0.2, 0) is 19.1 Å². The van der Waals surface area contributed by atoms with Crippen molar-refractivity contribution in [2.45, 2.75) is 52.1 Å². The van der Waals surface area contributed by atoms with Gasteiger partial charge in [0.1, 0.15) is 0 Å². The van der Waals surface area contributed by atoms with E-state index in [1.54, 1.807) is 4.90 Å². The Kier molecular flexibility index (Phi) is 7.26. The Hall–Kier alpha value is -2.67. The number of nitrogens with one attached hydrogen (secondary N) is 1. The number of carbonyl (C=O) groups is 3. The molecule has 3 atom stereocenters. The molecule has 0 spiro atoms. The molecule has 2 aromatic rings. The molecular weight excluding hydrogens is 400 g/mol. The molecule has 1 saturated heterocycles. The minimum Gasteiger partial charge on any atom is -0.455 e. The Bertz CT molecular complexity index is 879. The van der Waals surface area contributed by atoms with Crippen molar-refractivity contribution in [2.24, 2.45) is 5.92 Å². The van der Waals surface area contributed by atoms with E-state index in [2.05, 4.69) is 5.32 Å². The molecule has 0 bridgehead atoms. The average Bonchev–Trinajstić information content (AvgIpc) is 3.27. The number of benzene rings is 1. The first kappa shape index (κ1) is 22.0. The molecule has 2 amide bonds. The van der Waals surface area contributed by atoms with Crippen molar-refractivity contribution in [3.05, 3.63) is 52.2 Å². The van der Waals surface area contributed by atoms with Gasteiger partial charge in [-0.3, -0.25) is 14.4 Å². The van der Waals surface area contributed by atoms with Gasteiger partial charge in [0.2, 0.25) is 5.91 Å². The zero-order chi connectivity index (χ0) is 21.7. The summed E-state index contributed by atoms with van der Waals surface area (Å²) in [6, 6.07) is 11.1. The van der Waals surface area contributed by atoms with Crippen LogP contribution in [0.25, 0.3) is 0 Å². The van der Waals surface area contributed by atoms with Gasteiger partial charge in [0.15, 0.2) is 6.61 Å². The lowest BCUT2D eigenvalue weighted by Gasteiger charge is -2.39. The van der Waals surface area contributed by atoms with Gasteiger partial charge >= 0.3 is 5.97 Å². The van der Waals surface area contributed by atoms with Gasteiger partial charge in [-0.15, -0.1) is 11.3 Å². The summed E-state index contributed by atoms with van der Waals surface area (Å²) in [5.41, 5.74) is 1.86. The molecule has 1 aromatic heterocycles. The number of piperidine rings is 1. The third-order valence-corrected chi connectivity index (χ3v) is 6.36. The molecule has 0 aliphatic carbocycles. The molecular formula is C23H28N2O4S. The fraction of sp³-hybridized carbons (Fsp3) is 0.435. The summed E-state index contributed by atoms with van der Waals surface area (Å²) < 4.78 is 5.37.